The lowest BCUT2D eigenvalue weighted by molar-refractivity contribution is 0.893. The van der Waals surface area contributed by atoms with E-state index < -0.39 is 0 Å². The van der Waals surface area contributed by atoms with Gasteiger partial charge in [-0.3, -0.25) is 0 Å². The Kier molecular flexibility index (Phi) is 3.99. The van der Waals surface area contributed by atoms with Crippen LogP contribution in [0.3, 0.4) is 0 Å². The van der Waals surface area contributed by atoms with Crippen LogP contribution in [-0.2, 0) is 0 Å². The highest BCUT2D eigenvalue weighted by molar-refractivity contribution is 8.77. The molecule has 0 bridgehead atoms. The molecule has 4 unspecified atom stereocenters. The van der Waals surface area contributed by atoms with Crippen molar-refractivity contribution < 1.29 is 0 Å². The van der Waals surface area contributed by atoms with Crippen LogP contribution in [0.4, 0.5) is 0 Å². The van der Waals surface area contributed by atoms with E-state index in [1.165, 1.54) is 0 Å². The first kappa shape index (κ1) is 10.1. The first-order valence-corrected chi connectivity index (χ1v) is 7.30. The van der Waals surface area contributed by atoms with E-state index in [-0.39, 0.29) is 0 Å². The Labute approximate surface area is 82.1 Å². The molecule has 0 aliphatic carbocycles. The molecule has 4 atom stereocenters. The molecule has 1 rings (SSSR count). The van der Waals surface area contributed by atoms with Crippen LogP contribution >= 0.6 is 33.3 Å². The molecular formula is C8H16S3. The molecule has 0 nitrogen and oxygen atoms in total. The van der Waals surface area contributed by atoms with Gasteiger partial charge in [0.15, 0.2) is 0 Å². The third-order valence-corrected chi connectivity index (χ3v) is 7.82. The van der Waals surface area contributed by atoms with Gasteiger partial charge in [0.2, 0.25) is 0 Å². The summed E-state index contributed by atoms with van der Waals surface area (Å²) in [5.41, 5.74) is 0. The van der Waals surface area contributed by atoms with Gasteiger partial charge in [-0.05, 0) is 0 Å². The van der Waals surface area contributed by atoms with E-state index in [2.05, 4.69) is 61.0 Å². The summed E-state index contributed by atoms with van der Waals surface area (Å²) < 4.78 is 0. The van der Waals surface area contributed by atoms with Gasteiger partial charge in [-0.15, -0.1) is 0 Å². The summed E-state index contributed by atoms with van der Waals surface area (Å²) in [6, 6.07) is 0. The van der Waals surface area contributed by atoms with Crippen LogP contribution in [0.25, 0.3) is 0 Å². The molecule has 1 aliphatic heterocycles. The molecule has 3 heteroatoms. The lowest BCUT2D eigenvalue weighted by Crippen LogP contribution is -2.15. The van der Waals surface area contributed by atoms with Gasteiger partial charge in [0.05, 0.1) is 0 Å². The van der Waals surface area contributed by atoms with Crippen molar-refractivity contribution in [1.29, 1.82) is 0 Å². The van der Waals surface area contributed by atoms with Crippen LogP contribution in [0.2, 0.25) is 0 Å². The SMILES string of the molecule is CC1SSC(C)C(C)SC1C. The first-order valence-electron chi connectivity index (χ1n) is 4.09. The Bertz CT molecular complexity index is 113. The van der Waals surface area contributed by atoms with Crippen LogP contribution in [0, 0.1) is 0 Å². The summed E-state index contributed by atoms with van der Waals surface area (Å²) in [7, 11) is 4.11. The quantitative estimate of drug-likeness (QED) is 0.558. The van der Waals surface area contributed by atoms with Gasteiger partial charge in [0.1, 0.15) is 0 Å². The second kappa shape index (κ2) is 4.33. The Hall–Kier alpha value is 1.05. The minimum Gasteiger partial charge on any atom is -0.153 e. The Balaban J connectivity index is 2.51. The highest BCUT2D eigenvalue weighted by atomic mass is 33.1. The molecule has 0 amide bonds. The van der Waals surface area contributed by atoms with Gasteiger partial charge in [-0.2, -0.15) is 11.8 Å². The zero-order chi connectivity index (χ0) is 8.43. The molecule has 1 aliphatic rings. The minimum atomic E-state index is 0.803. The molecule has 0 radical (unpaired) electrons. The van der Waals surface area contributed by atoms with Crippen molar-refractivity contribution in [2.24, 2.45) is 0 Å². The van der Waals surface area contributed by atoms with Gasteiger partial charge in [0.25, 0.3) is 0 Å². The van der Waals surface area contributed by atoms with Gasteiger partial charge >= 0.3 is 0 Å². The molecule has 0 spiro atoms. The third-order valence-electron chi connectivity index (χ3n) is 2.11. The molecule has 1 saturated heterocycles. The Morgan fingerprint density at radius 2 is 1.00 bits per heavy atom. The zero-order valence-corrected chi connectivity index (χ0v) is 9.98. The molecular weight excluding hydrogens is 192 g/mol. The van der Waals surface area contributed by atoms with Crippen molar-refractivity contribution >= 4 is 33.3 Å². The average molecular weight is 208 g/mol. The minimum absolute atomic E-state index is 0.803. The second-order valence-electron chi connectivity index (χ2n) is 3.15. The number of rotatable bonds is 0. The van der Waals surface area contributed by atoms with E-state index in [1.807, 2.05) is 0 Å². The maximum Gasteiger partial charge on any atom is 0.0239 e. The van der Waals surface area contributed by atoms with E-state index in [1.54, 1.807) is 0 Å². The van der Waals surface area contributed by atoms with Gasteiger partial charge in [-0.1, -0.05) is 49.3 Å². The summed E-state index contributed by atoms with van der Waals surface area (Å²) in [6.07, 6.45) is 0. The van der Waals surface area contributed by atoms with Crippen molar-refractivity contribution in [1.82, 2.24) is 0 Å². The van der Waals surface area contributed by atoms with Crippen molar-refractivity contribution in [3.05, 3.63) is 0 Å². The van der Waals surface area contributed by atoms with Crippen LogP contribution in [0.5, 0.6) is 0 Å². The number of thioether (sulfide) groups is 1. The first-order chi connectivity index (χ1) is 5.11. The summed E-state index contributed by atoms with van der Waals surface area (Å²) in [5.74, 6) is 0. The lowest BCUT2D eigenvalue weighted by atomic mass is 10.3. The number of hydrogen-bond donors (Lipinski definition) is 0. The smallest absolute Gasteiger partial charge is 0.0239 e. The standard InChI is InChI=1S/C8H16S3/c1-5-7(3)10-11-8(4)6(2)9-5/h5-8H,1-4H3. The summed E-state index contributed by atoms with van der Waals surface area (Å²) >= 11 is 2.14. The maximum absolute atomic E-state index is 2.34. The molecule has 0 aromatic carbocycles. The van der Waals surface area contributed by atoms with E-state index in [9.17, 15) is 0 Å². The van der Waals surface area contributed by atoms with E-state index in [0.29, 0.717) is 0 Å². The maximum atomic E-state index is 2.34. The Morgan fingerprint density at radius 3 is 1.36 bits per heavy atom. The molecule has 0 aromatic heterocycles. The fourth-order valence-corrected chi connectivity index (χ4v) is 5.87. The normalized spacial score (nSPS) is 46.9. The third kappa shape index (κ3) is 2.78. The highest BCUT2D eigenvalue weighted by Crippen LogP contribution is 2.44. The lowest BCUT2D eigenvalue weighted by Gasteiger charge is -2.17. The highest BCUT2D eigenvalue weighted by Gasteiger charge is 2.25. The topological polar surface area (TPSA) is 0 Å². The second-order valence-corrected chi connectivity index (χ2v) is 7.94. The summed E-state index contributed by atoms with van der Waals surface area (Å²) in [4.78, 5) is 0. The van der Waals surface area contributed by atoms with Crippen LogP contribution < -0.4 is 0 Å². The fraction of sp³-hybridized carbons (Fsp3) is 1.00. The monoisotopic (exact) mass is 208 g/mol. The van der Waals surface area contributed by atoms with Crippen LogP contribution in [0.15, 0.2) is 0 Å². The Morgan fingerprint density at radius 1 is 0.636 bits per heavy atom. The zero-order valence-electron chi connectivity index (χ0n) is 7.53. The molecule has 0 saturated carbocycles. The molecule has 66 valence electrons. The van der Waals surface area contributed by atoms with Crippen molar-refractivity contribution in [3.63, 3.8) is 0 Å². The van der Waals surface area contributed by atoms with Crippen LogP contribution in [0.1, 0.15) is 27.7 Å². The fourth-order valence-electron chi connectivity index (χ4n) is 0.892. The van der Waals surface area contributed by atoms with Crippen molar-refractivity contribution in [3.8, 4) is 0 Å². The van der Waals surface area contributed by atoms with Crippen molar-refractivity contribution in [2.75, 3.05) is 0 Å². The van der Waals surface area contributed by atoms with Crippen LogP contribution in [-0.4, -0.2) is 21.0 Å². The molecule has 0 aromatic rings. The average Bonchev–Trinajstić information content (AvgIpc) is 2.05. The molecule has 0 N–H and O–H groups in total. The largest absolute Gasteiger partial charge is 0.153 e. The molecule has 1 fully saturated rings. The van der Waals surface area contributed by atoms with Crippen molar-refractivity contribution in [2.45, 2.75) is 48.7 Å². The van der Waals surface area contributed by atoms with E-state index in [4.69, 9.17) is 0 Å². The summed E-state index contributed by atoms with van der Waals surface area (Å²) in [5, 5.41) is 3.23. The van der Waals surface area contributed by atoms with Gasteiger partial charge in [-0.25, -0.2) is 0 Å². The van der Waals surface area contributed by atoms with Gasteiger partial charge in [0, 0.05) is 21.0 Å². The number of hydrogen-bond acceptors (Lipinski definition) is 3. The van der Waals surface area contributed by atoms with Gasteiger partial charge < -0.3 is 0 Å². The van der Waals surface area contributed by atoms with E-state index in [0.717, 1.165) is 21.0 Å². The molecule has 11 heavy (non-hydrogen) atoms. The molecule has 1 heterocycles. The predicted molar refractivity (Wildman–Crippen MR) is 60.6 cm³/mol. The summed E-state index contributed by atoms with van der Waals surface area (Å²) in [6.45, 7) is 9.36. The van der Waals surface area contributed by atoms with E-state index >= 15 is 0 Å². The predicted octanol–water partition coefficient (Wildman–Crippen LogP) is 3.67.